The van der Waals surface area contributed by atoms with Crippen LogP contribution in [0.2, 0.25) is 5.02 Å². The quantitative estimate of drug-likeness (QED) is 0.635. The van der Waals surface area contributed by atoms with Crippen LogP contribution in [0.1, 0.15) is 24.0 Å². The van der Waals surface area contributed by atoms with E-state index in [1.54, 1.807) is 0 Å². The zero-order valence-electron chi connectivity index (χ0n) is 8.76. The summed E-state index contributed by atoms with van der Waals surface area (Å²) in [5, 5.41) is 0.861. The standard InChI is InChI=1S/C12H16ClN/c1-9-8-14(2)6-5-10-3-4-11(13)7-12(9)10/h3-4,7,9H,5-6,8H2,1-2H3/t9-/m1/s1. The molecule has 76 valence electrons. The third kappa shape index (κ3) is 1.94. The van der Waals surface area contributed by atoms with Crippen molar-refractivity contribution >= 4 is 11.6 Å². The molecule has 0 saturated heterocycles. The van der Waals surface area contributed by atoms with E-state index < -0.39 is 0 Å². The van der Waals surface area contributed by atoms with E-state index in [0.29, 0.717) is 5.92 Å². The molecule has 0 saturated carbocycles. The summed E-state index contributed by atoms with van der Waals surface area (Å²) in [6.45, 7) is 4.56. The van der Waals surface area contributed by atoms with E-state index in [1.807, 2.05) is 6.07 Å². The molecule has 0 amide bonds. The topological polar surface area (TPSA) is 3.24 Å². The Morgan fingerprint density at radius 1 is 1.43 bits per heavy atom. The predicted octanol–water partition coefficient (Wildman–Crippen LogP) is 2.93. The van der Waals surface area contributed by atoms with Crippen LogP contribution in [0.3, 0.4) is 0 Å². The maximum atomic E-state index is 6.02. The Labute approximate surface area is 90.7 Å². The van der Waals surface area contributed by atoms with Crippen LogP contribution in [0.4, 0.5) is 0 Å². The Hall–Kier alpha value is -0.530. The van der Waals surface area contributed by atoms with Gasteiger partial charge < -0.3 is 4.90 Å². The van der Waals surface area contributed by atoms with Crippen LogP contribution in [0.15, 0.2) is 18.2 Å². The van der Waals surface area contributed by atoms with E-state index in [-0.39, 0.29) is 0 Å². The van der Waals surface area contributed by atoms with Crippen LogP contribution >= 0.6 is 11.6 Å². The maximum absolute atomic E-state index is 6.02. The molecule has 0 N–H and O–H groups in total. The Morgan fingerprint density at radius 2 is 2.21 bits per heavy atom. The first-order chi connectivity index (χ1) is 6.66. The fourth-order valence-electron chi connectivity index (χ4n) is 2.22. The number of likely N-dealkylation sites (N-methyl/N-ethyl adjacent to an activating group) is 1. The zero-order chi connectivity index (χ0) is 10.1. The van der Waals surface area contributed by atoms with Gasteiger partial charge in [0.05, 0.1) is 0 Å². The van der Waals surface area contributed by atoms with Gasteiger partial charge in [-0.1, -0.05) is 24.6 Å². The minimum Gasteiger partial charge on any atom is -0.305 e. The van der Waals surface area contributed by atoms with Crippen molar-refractivity contribution in [1.29, 1.82) is 0 Å². The number of benzene rings is 1. The van der Waals surface area contributed by atoms with Gasteiger partial charge in [0.2, 0.25) is 0 Å². The number of hydrogen-bond donors (Lipinski definition) is 0. The van der Waals surface area contributed by atoms with Crippen molar-refractivity contribution in [2.24, 2.45) is 0 Å². The second kappa shape index (κ2) is 3.92. The molecule has 2 rings (SSSR count). The van der Waals surface area contributed by atoms with Crippen molar-refractivity contribution < 1.29 is 0 Å². The van der Waals surface area contributed by atoms with Crippen LogP contribution in [0.25, 0.3) is 0 Å². The Balaban J connectivity index is 2.39. The molecular weight excluding hydrogens is 194 g/mol. The van der Waals surface area contributed by atoms with E-state index in [1.165, 1.54) is 11.1 Å². The molecule has 0 bridgehead atoms. The van der Waals surface area contributed by atoms with Crippen LogP contribution in [-0.4, -0.2) is 25.0 Å². The first kappa shape index (κ1) is 10.0. The first-order valence-electron chi connectivity index (χ1n) is 5.13. The highest BCUT2D eigenvalue weighted by atomic mass is 35.5. The van der Waals surface area contributed by atoms with Gasteiger partial charge in [-0.15, -0.1) is 0 Å². The molecule has 0 aliphatic carbocycles. The average molecular weight is 210 g/mol. The van der Waals surface area contributed by atoms with E-state index in [9.17, 15) is 0 Å². The molecule has 0 unspecified atom stereocenters. The lowest BCUT2D eigenvalue weighted by atomic mass is 9.95. The minimum atomic E-state index is 0.594. The van der Waals surface area contributed by atoms with Gasteiger partial charge in [-0.05, 0) is 42.6 Å². The summed E-state index contributed by atoms with van der Waals surface area (Å²) in [6, 6.07) is 6.30. The van der Waals surface area contributed by atoms with Gasteiger partial charge in [-0.25, -0.2) is 0 Å². The monoisotopic (exact) mass is 209 g/mol. The number of hydrogen-bond acceptors (Lipinski definition) is 1. The second-order valence-electron chi connectivity index (χ2n) is 4.26. The summed E-state index contributed by atoms with van der Waals surface area (Å²) >= 11 is 6.02. The van der Waals surface area contributed by atoms with Crippen molar-refractivity contribution in [3.8, 4) is 0 Å². The lowest BCUT2D eigenvalue weighted by Gasteiger charge is -2.17. The van der Waals surface area contributed by atoms with E-state index in [2.05, 4.69) is 31.0 Å². The van der Waals surface area contributed by atoms with Gasteiger partial charge in [0, 0.05) is 18.1 Å². The van der Waals surface area contributed by atoms with Gasteiger partial charge in [0.1, 0.15) is 0 Å². The zero-order valence-corrected chi connectivity index (χ0v) is 9.51. The second-order valence-corrected chi connectivity index (χ2v) is 4.69. The molecular formula is C12H16ClN. The molecule has 1 aromatic carbocycles. The molecule has 2 heteroatoms. The van der Waals surface area contributed by atoms with Crippen LogP contribution in [0, 0.1) is 0 Å². The van der Waals surface area contributed by atoms with Gasteiger partial charge in [-0.2, -0.15) is 0 Å². The molecule has 14 heavy (non-hydrogen) atoms. The van der Waals surface area contributed by atoms with Crippen molar-refractivity contribution in [1.82, 2.24) is 4.90 Å². The third-order valence-electron chi connectivity index (χ3n) is 2.99. The Morgan fingerprint density at radius 3 is 3.00 bits per heavy atom. The molecule has 0 aromatic heterocycles. The van der Waals surface area contributed by atoms with Crippen molar-refractivity contribution in [2.45, 2.75) is 19.3 Å². The summed E-state index contributed by atoms with van der Waals surface area (Å²) < 4.78 is 0. The average Bonchev–Trinajstić information content (AvgIpc) is 2.27. The fourth-order valence-corrected chi connectivity index (χ4v) is 2.40. The van der Waals surface area contributed by atoms with Crippen LogP contribution in [-0.2, 0) is 6.42 Å². The smallest absolute Gasteiger partial charge is 0.0409 e. The number of halogens is 1. The van der Waals surface area contributed by atoms with Crippen molar-refractivity contribution in [3.63, 3.8) is 0 Å². The molecule has 0 radical (unpaired) electrons. The molecule has 1 aliphatic rings. The Bertz CT molecular complexity index is 335. The highest BCUT2D eigenvalue weighted by Crippen LogP contribution is 2.27. The first-order valence-corrected chi connectivity index (χ1v) is 5.51. The summed E-state index contributed by atoms with van der Waals surface area (Å²) in [5.74, 6) is 0.594. The lowest BCUT2D eigenvalue weighted by Crippen LogP contribution is -2.22. The summed E-state index contributed by atoms with van der Waals surface area (Å²) in [7, 11) is 2.18. The lowest BCUT2D eigenvalue weighted by molar-refractivity contribution is 0.332. The Kier molecular flexibility index (Phi) is 2.80. The predicted molar refractivity (Wildman–Crippen MR) is 61.1 cm³/mol. The largest absolute Gasteiger partial charge is 0.305 e. The molecule has 1 aliphatic heterocycles. The van der Waals surface area contributed by atoms with Gasteiger partial charge in [0.25, 0.3) is 0 Å². The van der Waals surface area contributed by atoms with E-state index in [4.69, 9.17) is 11.6 Å². The third-order valence-corrected chi connectivity index (χ3v) is 3.22. The molecule has 0 spiro atoms. The molecule has 0 fully saturated rings. The number of fused-ring (bicyclic) bond motifs is 1. The number of rotatable bonds is 0. The summed E-state index contributed by atoms with van der Waals surface area (Å²) in [4.78, 5) is 2.39. The fraction of sp³-hybridized carbons (Fsp3) is 0.500. The van der Waals surface area contributed by atoms with Crippen LogP contribution < -0.4 is 0 Å². The molecule has 1 nitrogen and oxygen atoms in total. The van der Waals surface area contributed by atoms with Gasteiger partial charge >= 0.3 is 0 Å². The summed E-state index contributed by atoms with van der Waals surface area (Å²) in [5.41, 5.74) is 2.90. The maximum Gasteiger partial charge on any atom is 0.0409 e. The molecule has 1 aromatic rings. The highest BCUT2D eigenvalue weighted by Gasteiger charge is 2.17. The van der Waals surface area contributed by atoms with Crippen LogP contribution in [0.5, 0.6) is 0 Å². The van der Waals surface area contributed by atoms with Crippen molar-refractivity contribution in [2.75, 3.05) is 20.1 Å². The van der Waals surface area contributed by atoms with Gasteiger partial charge in [0.15, 0.2) is 0 Å². The highest BCUT2D eigenvalue weighted by molar-refractivity contribution is 6.30. The minimum absolute atomic E-state index is 0.594. The summed E-state index contributed by atoms with van der Waals surface area (Å²) in [6.07, 6.45) is 1.15. The van der Waals surface area contributed by atoms with Crippen molar-refractivity contribution in [3.05, 3.63) is 34.3 Å². The van der Waals surface area contributed by atoms with E-state index in [0.717, 1.165) is 24.5 Å². The SMILES string of the molecule is C[C@@H]1CN(C)CCc2ccc(Cl)cc21. The normalized spacial score (nSPS) is 22.9. The number of nitrogens with zero attached hydrogens (tertiary/aromatic N) is 1. The molecule has 1 heterocycles. The van der Waals surface area contributed by atoms with Gasteiger partial charge in [-0.3, -0.25) is 0 Å². The van der Waals surface area contributed by atoms with E-state index >= 15 is 0 Å². The molecule has 1 atom stereocenters.